The van der Waals surface area contributed by atoms with Gasteiger partial charge in [0.15, 0.2) is 11.5 Å². The molecule has 27 heavy (non-hydrogen) atoms. The van der Waals surface area contributed by atoms with E-state index in [9.17, 15) is 13.4 Å². The minimum absolute atomic E-state index is 0. The maximum absolute atomic E-state index is 11.0. The van der Waals surface area contributed by atoms with Gasteiger partial charge in [0.05, 0.1) is 18.1 Å². The van der Waals surface area contributed by atoms with Crippen LogP contribution in [0.25, 0.3) is 0 Å². The Morgan fingerprint density at radius 1 is 1.22 bits per heavy atom. The number of ketones is 1. The van der Waals surface area contributed by atoms with Gasteiger partial charge in [0.1, 0.15) is 5.76 Å². The Morgan fingerprint density at radius 3 is 2.04 bits per heavy atom. The zero-order valence-corrected chi connectivity index (χ0v) is 19.1. The zero-order valence-electron chi connectivity index (χ0n) is 16.0. The van der Waals surface area contributed by atoms with Gasteiger partial charge in [-0.15, -0.1) is 13.2 Å². The summed E-state index contributed by atoms with van der Waals surface area (Å²) >= 11 is 0. The normalized spacial score (nSPS) is 10.9. The predicted octanol–water partition coefficient (Wildman–Crippen LogP) is -0.881. The number of carbonyl (C=O) groups excluding carboxylic acids is 1. The molecule has 0 aliphatic heterocycles. The van der Waals surface area contributed by atoms with Gasteiger partial charge in [-0.1, -0.05) is 12.2 Å². The number of halogens is 3. The van der Waals surface area contributed by atoms with Crippen molar-refractivity contribution in [2.24, 2.45) is 5.73 Å². The molecular formula is C18H24BF3KNO3. The minimum atomic E-state index is -2.22. The molecule has 0 bridgehead atoms. The minimum Gasteiger partial charge on any atom is -1.00 e. The fourth-order valence-corrected chi connectivity index (χ4v) is 1.61. The number of furan rings is 2. The van der Waals surface area contributed by atoms with Gasteiger partial charge >= 0.3 is 58.7 Å². The Kier molecular flexibility index (Phi) is 19.8. The van der Waals surface area contributed by atoms with Gasteiger partial charge in [-0.3, -0.25) is 13.4 Å². The van der Waals surface area contributed by atoms with Gasteiger partial charge in [-0.25, -0.2) is 0 Å². The van der Waals surface area contributed by atoms with Crippen LogP contribution >= 0.6 is 0 Å². The second-order valence-electron chi connectivity index (χ2n) is 5.34. The molecule has 4 nitrogen and oxygen atoms in total. The maximum atomic E-state index is 11.0. The summed E-state index contributed by atoms with van der Waals surface area (Å²) in [5.74, 6) is 1.19. The fraction of sp³-hybridized carbons (Fsp3) is 0.278. The molecule has 2 aromatic rings. The van der Waals surface area contributed by atoms with Crippen LogP contribution < -0.4 is 61.8 Å². The third-order valence-corrected chi connectivity index (χ3v) is 2.87. The van der Waals surface area contributed by atoms with E-state index in [0.717, 1.165) is 12.2 Å². The average molecular weight is 409 g/mol. The molecular weight excluding hydrogens is 385 g/mol. The Bertz CT molecular complexity index is 618. The van der Waals surface area contributed by atoms with E-state index in [1.165, 1.54) is 19.3 Å². The fourth-order valence-electron chi connectivity index (χ4n) is 1.61. The van der Waals surface area contributed by atoms with Gasteiger partial charge in [-0.2, -0.15) is 0 Å². The van der Waals surface area contributed by atoms with Gasteiger partial charge in [0.2, 0.25) is 0 Å². The first kappa shape index (κ1) is 30.9. The van der Waals surface area contributed by atoms with Crippen molar-refractivity contribution >= 4 is 13.1 Å². The van der Waals surface area contributed by atoms with Crippen LogP contribution in [0, 0.1) is 0 Å². The molecule has 0 aliphatic rings. The topological polar surface area (TPSA) is 69.4 Å². The third kappa shape index (κ3) is 14.8. The van der Waals surface area contributed by atoms with E-state index in [0.29, 0.717) is 5.76 Å². The van der Waals surface area contributed by atoms with Crippen molar-refractivity contribution in [1.29, 1.82) is 0 Å². The number of hydrogen-bond acceptors (Lipinski definition) is 4. The van der Waals surface area contributed by atoms with Gasteiger partial charge < -0.3 is 19.3 Å². The molecule has 0 aromatic carbocycles. The van der Waals surface area contributed by atoms with Crippen LogP contribution in [0.5, 0.6) is 0 Å². The van der Waals surface area contributed by atoms with E-state index in [1.807, 2.05) is 19.1 Å². The summed E-state index contributed by atoms with van der Waals surface area (Å²) in [4.78, 5) is 10.4. The van der Waals surface area contributed by atoms with Crippen LogP contribution in [0.3, 0.4) is 0 Å². The average Bonchev–Trinajstić information content (AvgIpc) is 3.23. The van der Waals surface area contributed by atoms with Crippen molar-refractivity contribution in [2.45, 2.75) is 32.1 Å². The summed E-state index contributed by atoms with van der Waals surface area (Å²) < 4.78 is 31.9. The van der Waals surface area contributed by atoms with Gasteiger partial charge in [0.25, 0.3) is 0 Å². The molecule has 0 radical (unpaired) electrons. The molecule has 2 rings (SSSR count). The van der Waals surface area contributed by atoms with Crippen molar-refractivity contribution in [1.82, 2.24) is 0 Å². The van der Waals surface area contributed by atoms with Crippen LogP contribution in [0.4, 0.5) is 8.63 Å². The first-order valence-electron chi connectivity index (χ1n) is 7.61. The molecule has 0 spiro atoms. The first-order valence-corrected chi connectivity index (χ1v) is 7.61. The van der Waals surface area contributed by atoms with Crippen molar-refractivity contribution in [3.05, 3.63) is 73.6 Å². The summed E-state index contributed by atoms with van der Waals surface area (Å²) in [6.45, 7) is 10.2. The number of allylic oxidation sites excluding steroid dienone is 1. The van der Waals surface area contributed by atoms with Crippen LogP contribution in [0.2, 0.25) is 6.32 Å². The molecule has 0 saturated heterocycles. The van der Waals surface area contributed by atoms with E-state index >= 15 is 0 Å². The third-order valence-electron chi connectivity index (χ3n) is 2.87. The summed E-state index contributed by atoms with van der Waals surface area (Å²) in [5, 5.41) is 0. The summed E-state index contributed by atoms with van der Waals surface area (Å²) in [5.41, 5.74) is 5.52. The monoisotopic (exact) mass is 409 g/mol. The maximum Gasteiger partial charge on any atom is 1.00 e. The molecule has 0 amide bonds. The smallest absolute Gasteiger partial charge is 1.00 e. The quantitative estimate of drug-likeness (QED) is 0.382. The van der Waals surface area contributed by atoms with E-state index < -0.39 is 12.8 Å². The Labute approximate surface area is 201 Å². The largest absolute Gasteiger partial charge is 1.00 e. The van der Waals surface area contributed by atoms with Gasteiger partial charge in [-0.05, 0) is 37.6 Å². The first-order chi connectivity index (χ1) is 11.7. The van der Waals surface area contributed by atoms with Crippen LogP contribution in [-0.4, -0.2) is 13.1 Å². The van der Waals surface area contributed by atoms with E-state index in [-0.39, 0.29) is 68.2 Å². The number of rotatable bonds is 6. The molecule has 0 fully saturated rings. The summed E-state index contributed by atoms with van der Waals surface area (Å²) in [6, 6.07) is 7.05. The number of Topliss-reactive ketones (excluding diaryl/α,β-unsaturated/α-hetero) is 1. The zero-order chi connectivity index (χ0) is 19.3. The molecule has 2 aromatic heterocycles. The second kappa shape index (κ2) is 17.3. The molecule has 0 saturated carbocycles. The number of nitrogens with two attached hydrogens (primary N) is 1. The Balaban J connectivity index is -0.000000323. The molecule has 0 aliphatic carbocycles. The molecule has 2 N–H and O–H groups in total. The van der Waals surface area contributed by atoms with Gasteiger partial charge in [0, 0.05) is 13.2 Å². The molecule has 1 atom stereocenters. The SMILES string of the molecule is C=CCB(F)F.C=CCC(C)(N)c1ccco1.CC(=O)c1ccco1.[F-].[K+]. The van der Waals surface area contributed by atoms with E-state index in [4.69, 9.17) is 14.6 Å². The number of carbonyl (C=O) groups is 1. The van der Waals surface area contributed by atoms with E-state index in [2.05, 4.69) is 13.2 Å². The van der Waals surface area contributed by atoms with Crippen molar-refractivity contribution in [3.63, 3.8) is 0 Å². The molecule has 2 heterocycles. The Hall–Kier alpha value is -0.839. The van der Waals surface area contributed by atoms with Crippen molar-refractivity contribution in [2.75, 3.05) is 0 Å². The molecule has 9 heteroatoms. The van der Waals surface area contributed by atoms with Crippen LogP contribution in [0.15, 0.2) is 70.9 Å². The molecule has 144 valence electrons. The van der Waals surface area contributed by atoms with Crippen molar-refractivity contribution < 1.29 is 78.3 Å². The summed E-state index contributed by atoms with van der Waals surface area (Å²) in [7, 11) is -2.22. The number of hydrogen-bond donors (Lipinski definition) is 1. The standard InChI is InChI=1S/C9H13NO.C6H6O2.C3H5BF2.FH.K/c1-3-6-9(2,10)8-5-4-7-11-8;1-5(7)6-3-2-4-8-6;1-2-3-4(5)6;;/h3-5,7H,1,6,10H2,2H3;2-4H,1H3;2H,1,3H2;1H;/q;;;;+1/p-1. The Morgan fingerprint density at radius 2 is 1.78 bits per heavy atom. The predicted molar refractivity (Wildman–Crippen MR) is 96.7 cm³/mol. The van der Waals surface area contributed by atoms with Crippen LogP contribution in [0.1, 0.15) is 36.6 Å². The second-order valence-corrected chi connectivity index (χ2v) is 5.34. The summed E-state index contributed by atoms with van der Waals surface area (Å²) in [6.07, 6.45) is 6.63. The van der Waals surface area contributed by atoms with Crippen LogP contribution in [-0.2, 0) is 5.54 Å². The van der Waals surface area contributed by atoms with E-state index in [1.54, 1.807) is 24.5 Å². The molecule has 1 unspecified atom stereocenters. The van der Waals surface area contributed by atoms with Crippen molar-refractivity contribution in [3.8, 4) is 0 Å².